The molecule has 1 aliphatic rings. The Balaban J connectivity index is 1.92. The maximum Gasteiger partial charge on any atom is 0.128 e. The maximum atomic E-state index is 13.6. The third kappa shape index (κ3) is 3.05. The summed E-state index contributed by atoms with van der Waals surface area (Å²) in [7, 11) is 2.06. The zero-order valence-electron chi connectivity index (χ0n) is 9.71. The minimum absolute atomic E-state index is 0.120. The van der Waals surface area contributed by atoms with Crippen molar-refractivity contribution in [2.75, 3.05) is 13.6 Å². The number of nitrogens with zero attached hydrogens (tertiary/aromatic N) is 1. The fraction of sp³-hybridized carbons (Fsp3) is 0.538. The number of hydrogen-bond donors (Lipinski definition) is 0. The molecule has 2 unspecified atom stereocenters. The van der Waals surface area contributed by atoms with Crippen LogP contribution in [-0.2, 0) is 6.54 Å². The molecule has 0 aromatic heterocycles. The summed E-state index contributed by atoms with van der Waals surface area (Å²) in [6, 6.07) is 5.28. The Morgan fingerprint density at radius 3 is 2.75 bits per heavy atom. The molecule has 1 saturated carbocycles. The van der Waals surface area contributed by atoms with Gasteiger partial charge in [0.1, 0.15) is 5.82 Å². The van der Waals surface area contributed by atoms with Crippen LogP contribution in [0.5, 0.6) is 0 Å². The predicted molar refractivity (Wildman–Crippen MR) is 67.7 cm³/mol. The van der Waals surface area contributed by atoms with Crippen molar-refractivity contribution in [1.82, 2.24) is 4.90 Å². The van der Waals surface area contributed by atoms with Crippen LogP contribution in [-0.4, -0.2) is 18.5 Å². The summed E-state index contributed by atoms with van der Waals surface area (Å²) in [5.74, 6) is 1.56. The minimum atomic E-state index is -0.120. The Labute approximate surface area is 105 Å². The van der Waals surface area contributed by atoms with E-state index in [9.17, 15) is 4.39 Å². The topological polar surface area (TPSA) is 3.24 Å². The van der Waals surface area contributed by atoms with Crippen LogP contribution in [0, 0.1) is 17.7 Å². The molecule has 0 bridgehead atoms. The molecule has 88 valence electrons. The number of halogens is 2. The van der Waals surface area contributed by atoms with Gasteiger partial charge in [0.2, 0.25) is 0 Å². The highest BCUT2D eigenvalue weighted by Crippen LogP contribution is 2.38. The second-order valence-electron chi connectivity index (χ2n) is 4.91. The summed E-state index contributed by atoms with van der Waals surface area (Å²) < 4.78 is 14.4. The van der Waals surface area contributed by atoms with E-state index in [1.54, 1.807) is 0 Å². The molecule has 0 spiro atoms. The van der Waals surface area contributed by atoms with Crippen molar-refractivity contribution in [2.24, 2.45) is 11.8 Å². The first kappa shape index (κ1) is 12.1. The molecule has 0 amide bonds. The van der Waals surface area contributed by atoms with Crippen LogP contribution >= 0.6 is 15.9 Å². The van der Waals surface area contributed by atoms with E-state index >= 15 is 0 Å². The molecule has 0 heterocycles. The lowest BCUT2D eigenvalue weighted by Gasteiger charge is -2.17. The zero-order chi connectivity index (χ0) is 11.7. The van der Waals surface area contributed by atoms with Gasteiger partial charge >= 0.3 is 0 Å². The highest BCUT2D eigenvalue weighted by atomic mass is 79.9. The van der Waals surface area contributed by atoms with Gasteiger partial charge in [-0.25, -0.2) is 4.39 Å². The van der Waals surface area contributed by atoms with Crippen LogP contribution in [0.2, 0.25) is 0 Å². The summed E-state index contributed by atoms with van der Waals surface area (Å²) in [5, 5.41) is 0. The molecule has 2 rings (SSSR count). The fourth-order valence-electron chi connectivity index (χ4n) is 2.06. The first-order valence-electron chi connectivity index (χ1n) is 5.68. The van der Waals surface area contributed by atoms with E-state index < -0.39 is 0 Å². The van der Waals surface area contributed by atoms with E-state index in [1.807, 2.05) is 12.1 Å². The van der Waals surface area contributed by atoms with E-state index in [1.165, 1.54) is 12.5 Å². The third-order valence-electron chi connectivity index (χ3n) is 3.28. The normalized spacial score (nSPS) is 23.8. The van der Waals surface area contributed by atoms with Crippen LogP contribution in [0.15, 0.2) is 22.7 Å². The van der Waals surface area contributed by atoms with Gasteiger partial charge in [0.15, 0.2) is 0 Å². The van der Waals surface area contributed by atoms with Gasteiger partial charge in [0, 0.05) is 23.1 Å². The molecule has 2 atom stereocenters. The van der Waals surface area contributed by atoms with Gasteiger partial charge < -0.3 is 4.90 Å². The lowest BCUT2D eigenvalue weighted by atomic mass is 10.2. The number of benzene rings is 1. The van der Waals surface area contributed by atoms with Crippen molar-refractivity contribution in [1.29, 1.82) is 0 Å². The first-order chi connectivity index (χ1) is 7.56. The minimum Gasteiger partial charge on any atom is -0.302 e. The van der Waals surface area contributed by atoms with E-state index in [2.05, 4.69) is 34.8 Å². The molecular weight excluding hydrogens is 269 g/mol. The molecule has 1 nitrogen and oxygen atoms in total. The van der Waals surface area contributed by atoms with Crippen LogP contribution < -0.4 is 0 Å². The fourth-order valence-corrected chi connectivity index (χ4v) is 2.39. The molecule has 1 aromatic rings. The standard InChI is InChI=1S/C13H17BrFN/c1-9-5-11(9)8-16(2)7-10-3-4-12(14)6-13(10)15/h3-4,6,9,11H,5,7-8H2,1-2H3. The van der Waals surface area contributed by atoms with Crippen LogP contribution in [0.3, 0.4) is 0 Å². The Morgan fingerprint density at radius 2 is 2.19 bits per heavy atom. The molecule has 0 aliphatic heterocycles. The Hall–Kier alpha value is -0.410. The maximum absolute atomic E-state index is 13.6. The van der Waals surface area contributed by atoms with E-state index in [4.69, 9.17) is 0 Å². The van der Waals surface area contributed by atoms with Gasteiger partial charge in [-0.2, -0.15) is 0 Å². The van der Waals surface area contributed by atoms with Gasteiger partial charge in [0.25, 0.3) is 0 Å². The second kappa shape index (κ2) is 4.84. The Bertz CT molecular complexity index is 380. The summed E-state index contributed by atoms with van der Waals surface area (Å²) >= 11 is 3.27. The monoisotopic (exact) mass is 285 g/mol. The number of hydrogen-bond acceptors (Lipinski definition) is 1. The molecular formula is C13H17BrFN. The van der Waals surface area contributed by atoms with E-state index in [0.717, 1.165) is 28.4 Å². The largest absolute Gasteiger partial charge is 0.302 e. The quantitative estimate of drug-likeness (QED) is 0.816. The third-order valence-corrected chi connectivity index (χ3v) is 3.77. The zero-order valence-corrected chi connectivity index (χ0v) is 11.3. The average molecular weight is 286 g/mol. The van der Waals surface area contributed by atoms with Crippen molar-refractivity contribution >= 4 is 15.9 Å². The van der Waals surface area contributed by atoms with E-state index in [0.29, 0.717) is 6.54 Å². The lowest BCUT2D eigenvalue weighted by molar-refractivity contribution is 0.303. The molecule has 3 heteroatoms. The van der Waals surface area contributed by atoms with Gasteiger partial charge in [-0.3, -0.25) is 0 Å². The lowest BCUT2D eigenvalue weighted by Crippen LogP contribution is -2.21. The average Bonchev–Trinajstić information content (AvgIpc) is 2.86. The summed E-state index contributed by atoms with van der Waals surface area (Å²) in [4.78, 5) is 2.21. The molecule has 0 radical (unpaired) electrons. The van der Waals surface area contributed by atoms with Crippen molar-refractivity contribution in [3.63, 3.8) is 0 Å². The molecule has 1 fully saturated rings. The Kier molecular flexibility index (Phi) is 3.65. The summed E-state index contributed by atoms with van der Waals surface area (Å²) in [6.07, 6.45) is 1.33. The molecule has 0 saturated heterocycles. The van der Waals surface area contributed by atoms with Gasteiger partial charge in [-0.15, -0.1) is 0 Å². The predicted octanol–water partition coefficient (Wildman–Crippen LogP) is 3.68. The molecule has 16 heavy (non-hydrogen) atoms. The van der Waals surface area contributed by atoms with Crippen LogP contribution in [0.1, 0.15) is 18.9 Å². The number of rotatable bonds is 4. The van der Waals surface area contributed by atoms with E-state index in [-0.39, 0.29) is 5.82 Å². The second-order valence-corrected chi connectivity index (χ2v) is 5.82. The molecule has 0 N–H and O–H groups in total. The Morgan fingerprint density at radius 1 is 1.50 bits per heavy atom. The highest BCUT2D eigenvalue weighted by molar-refractivity contribution is 9.10. The van der Waals surface area contributed by atoms with Gasteiger partial charge in [0.05, 0.1) is 0 Å². The first-order valence-corrected chi connectivity index (χ1v) is 6.48. The van der Waals surface area contributed by atoms with Crippen molar-refractivity contribution in [3.8, 4) is 0 Å². The molecule has 1 aliphatic carbocycles. The van der Waals surface area contributed by atoms with Crippen LogP contribution in [0.4, 0.5) is 4.39 Å². The molecule has 1 aromatic carbocycles. The van der Waals surface area contributed by atoms with Crippen LogP contribution in [0.25, 0.3) is 0 Å². The van der Waals surface area contributed by atoms with Crippen molar-refractivity contribution in [3.05, 3.63) is 34.1 Å². The highest BCUT2D eigenvalue weighted by Gasteiger charge is 2.33. The van der Waals surface area contributed by atoms with Crippen molar-refractivity contribution < 1.29 is 4.39 Å². The van der Waals surface area contributed by atoms with Gasteiger partial charge in [-0.1, -0.05) is 28.9 Å². The summed E-state index contributed by atoms with van der Waals surface area (Å²) in [5.41, 5.74) is 0.777. The SMILES string of the molecule is CC1CC1CN(C)Cc1ccc(Br)cc1F. The smallest absolute Gasteiger partial charge is 0.128 e. The van der Waals surface area contributed by atoms with Crippen molar-refractivity contribution in [2.45, 2.75) is 19.9 Å². The van der Waals surface area contributed by atoms with Gasteiger partial charge in [-0.05, 0) is 37.4 Å². The summed E-state index contributed by atoms with van der Waals surface area (Å²) in [6.45, 7) is 4.05.